The predicted molar refractivity (Wildman–Crippen MR) is 101 cm³/mol. The average molecular weight is 382 g/mol. The van der Waals surface area contributed by atoms with Crippen molar-refractivity contribution in [2.45, 2.75) is 13.3 Å². The molecule has 3 aromatic heterocycles. The van der Waals surface area contributed by atoms with E-state index in [-0.39, 0.29) is 11.8 Å². The van der Waals surface area contributed by atoms with Gasteiger partial charge in [0.15, 0.2) is 11.5 Å². The van der Waals surface area contributed by atoms with E-state index in [4.69, 9.17) is 16.0 Å². The maximum Gasteiger partial charge on any atom is 0.325 e. The number of amides is 1. The van der Waals surface area contributed by atoms with E-state index in [1.165, 1.54) is 4.52 Å². The smallest absolute Gasteiger partial charge is 0.325 e. The second-order valence-electron chi connectivity index (χ2n) is 5.98. The Hall–Kier alpha value is -3.19. The maximum atomic E-state index is 12.6. The van der Waals surface area contributed by atoms with Crippen LogP contribution in [0.2, 0.25) is 5.02 Å². The number of hydrogen-bond donors (Lipinski definition) is 1. The van der Waals surface area contributed by atoms with E-state index in [0.29, 0.717) is 40.8 Å². The molecule has 0 aliphatic heterocycles. The topological polar surface area (TPSA) is 85.3 Å². The number of fused-ring (bicyclic) bond motifs is 1. The van der Waals surface area contributed by atoms with Crippen LogP contribution in [0.15, 0.2) is 53.2 Å². The van der Waals surface area contributed by atoms with Crippen molar-refractivity contribution in [2.24, 2.45) is 0 Å². The zero-order chi connectivity index (χ0) is 18.8. The lowest BCUT2D eigenvalue weighted by molar-refractivity contribution is 0.0946. The highest BCUT2D eigenvalue weighted by Crippen LogP contribution is 2.26. The van der Waals surface area contributed by atoms with Crippen LogP contribution in [-0.4, -0.2) is 32.0 Å². The minimum Gasteiger partial charge on any atom is -0.427 e. The Morgan fingerprint density at radius 2 is 2.11 bits per heavy atom. The molecule has 0 radical (unpaired) electrons. The number of rotatable bonds is 5. The normalized spacial score (nSPS) is 11.0. The first-order valence-electron chi connectivity index (χ1n) is 8.41. The first-order valence-corrected chi connectivity index (χ1v) is 8.79. The van der Waals surface area contributed by atoms with Crippen molar-refractivity contribution >= 4 is 23.4 Å². The highest BCUT2D eigenvalue weighted by molar-refractivity contribution is 6.33. The molecule has 1 amide bonds. The van der Waals surface area contributed by atoms with Crippen LogP contribution in [0.1, 0.15) is 21.8 Å². The molecule has 0 bridgehead atoms. The molecule has 0 fully saturated rings. The summed E-state index contributed by atoms with van der Waals surface area (Å²) in [5, 5.41) is 7.83. The van der Waals surface area contributed by atoms with Gasteiger partial charge in [-0.1, -0.05) is 29.8 Å². The monoisotopic (exact) mass is 381 g/mol. The van der Waals surface area contributed by atoms with E-state index in [2.05, 4.69) is 20.4 Å². The number of oxazole rings is 1. The lowest BCUT2D eigenvalue weighted by Gasteiger charge is -2.04. The minimum absolute atomic E-state index is 0.250. The van der Waals surface area contributed by atoms with Gasteiger partial charge in [-0.15, -0.1) is 5.10 Å². The SMILES string of the molecule is Cc1oc2nc(-c3ccccc3Cl)nn2c1C(=O)NCCc1cccnc1. The fourth-order valence-corrected chi connectivity index (χ4v) is 3.03. The lowest BCUT2D eigenvalue weighted by Crippen LogP contribution is -2.27. The maximum absolute atomic E-state index is 12.6. The van der Waals surface area contributed by atoms with Gasteiger partial charge in [-0.2, -0.15) is 9.50 Å². The number of carbonyl (C=O) groups is 1. The molecule has 1 aromatic carbocycles. The predicted octanol–water partition coefficient (Wildman–Crippen LogP) is 3.32. The molecule has 8 heteroatoms. The number of pyridine rings is 1. The number of carbonyl (C=O) groups excluding carboxylic acids is 1. The zero-order valence-corrected chi connectivity index (χ0v) is 15.3. The van der Waals surface area contributed by atoms with Crippen molar-refractivity contribution in [1.82, 2.24) is 24.9 Å². The summed E-state index contributed by atoms with van der Waals surface area (Å²) < 4.78 is 7.01. The third-order valence-electron chi connectivity index (χ3n) is 4.12. The number of aryl methyl sites for hydroxylation is 1. The van der Waals surface area contributed by atoms with Gasteiger partial charge in [0.2, 0.25) is 0 Å². The molecule has 4 aromatic rings. The van der Waals surface area contributed by atoms with Crippen molar-refractivity contribution in [1.29, 1.82) is 0 Å². The standard InChI is InChI=1S/C19H16ClN5O2/c1-12-16(18(26)22-10-8-13-5-4-9-21-11-13)25-19(27-12)23-17(24-25)14-6-2-3-7-15(14)20/h2-7,9,11H,8,10H2,1H3,(H,22,26). The summed E-state index contributed by atoms with van der Waals surface area (Å²) in [6.45, 7) is 2.18. The molecule has 3 heterocycles. The summed E-state index contributed by atoms with van der Waals surface area (Å²) in [7, 11) is 0. The zero-order valence-electron chi connectivity index (χ0n) is 14.5. The Labute approximate surface area is 160 Å². The highest BCUT2D eigenvalue weighted by atomic mass is 35.5. The molecule has 1 N–H and O–H groups in total. The number of hydrogen-bond acceptors (Lipinski definition) is 5. The number of aromatic nitrogens is 4. The van der Waals surface area contributed by atoms with Gasteiger partial charge in [-0.05, 0) is 37.1 Å². The van der Waals surface area contributed by atoms with Crippen LogP contribution in [0.4, 0.5) is 0 Å². The summed E-state index contributed by atoms with van der Waals surface area (Å²) in [6.07, 6.45) is 4.18. The van der Waals surface area contributed by atoms with Gasteiger partial charge in [0.05, 0.1) is 5.02 Å². The quantitative estimate of drug-likeness (QED) is 0.573. The summed E-state index contributed by atoms with van der Waals surface area (Å²) in [4.78, 5) is 21.1. The Morgan fingerprint density at radius 1 is 1.26 bits per heavy atom. The van der Waals surface area contributed by atoms with Crippen LogP contribution in [0.3, 0.4) is 0 Å². The first-order chi connectivity index (χ1) is 13.1. The van der Waals surface area contributed by atoms with E-state index in [1.54, 1.807) is 25.4 Å². The molecule has 0 spiro atoms. The Balaban J connectivity index is 1.56. The third kappa shape index (κ3) is 3.41. The van der Waals surface area contributed by atoms with Gasteiger partial charge in [0, 0.05) is 24.5 Å². The van der Waals surface area contributed by atoms with Gasteiger partial charge in [0.25, 0.3) is 5.91 Å². The largest absolute Gasteiger partial charge is 0.427 e. The molecule has 27 heavy (non-hydrogen) atoms. The number of benzene rings is 1. The summed E-state index contributed by atoms with van der Waals surface area (Å²) in [5.41, 5.74) is 2.05. The number of nitrogens with zero attached hydrogens (tertiary/aromatic N) is 4. The molecule has 0 saturated carbocycles. The van der Waals surface area contributed by atoms with Crippen molar-refractivity contribution in [2.75, 3.05) is 6.54 Å². The third-order valence-corrected chi connectivity index (χ3v) is 4.45. The first kappa shape index (κ1) is 17.2. The second-order valence-corrected chi connectivity index (χ2v) is 6.39. The van der Waals surface area contributed by atoms with Gasteiger partial charge in [-0.3, -0.25) is 9.78 Å². The molecule has 0 aliphatic carbocycles. The fraction of sp³-hybridized carbons (Fsp3) is 0.158. The summed E-state index contributed by atoms with van der Waals surface area (Å²) in [5.74, 6) is 0.837. The van der Waals surface area contributed by atoms with Crippen LogP contribution < -0.4 is 5.32 Å². The molecule has 0 unspecified atom stereocenters. The molecule has 0 aliphatic rings. The number of halogens is 1. The van der Waals surface area contributed by atoms with Crippen molar-refractivity contribution in [3.8, 4) is 11.4 Å². The molecule has 7 nitrogen and oxygen atoms in total. The number of nitrogens with one attached hydrogen (secondary N) is 1. The van der Waals surface area contributed by atoms with Gasteiger partial charge in [0.1, 0.15) is 5.76 Å². The molecule has 0 atom stereocenters. The average Bonchev–Trinajstić information content (AvgIpc) is 3.19. The molecule has 0 saturated heterocycles. The van der Waals surface area contributed by atoms with Crippen LogP contribution in [-0.2, 0) is 6.42 Å². The minimum atomic E-state index is -0.272. The van der Waals surface area contributed by atoms with Crippen molar-refractivity contribution in [3.05, 3.63) is 70.8 Å². The van der Waals surface area contributed by atoms with Crippen LogP contribution in [0, 0.1) is 6.92 Å². The Kier molecular flexibility index (Phi) is 4.60. The van der Waals surface area contributed by atoms with E-state index < -0.39 is 0 Å². The summed E-state index contributed by atoms with van der Waals surface area (Å²) >= 11 is 6.21. The second kappa shape index (κ2) is 7.20. The molecular weight excluding hydrogens is 366 g/mol. The van der Waals surface area contributed by atoms with Crippen LogP contribution in [0.25, 0.3) is 17.2 Å². The Bertz CT molecular complexity index is 1100. The van der Waals surface area contributed by atoms with Gasteiger partial charge in [-0.25, -0.2) is 0 Å². The molecule has 4 rings (SSSR count). The Morgan fingerprint density at radius 3 is 2.89 bits per heavy atom. The van der Waals surface area contributed by atoms with Crippen LogP contribution in [0.5, 0.6) is 0 Å². The summed E-state index contributed by atoms with van der Waals surface area (Å²) in [6, 6.07) is 11.1. The molecule has 136 valence electrons. The van der Waals surface area contributed by atoms with Crippen LogP contribution >= 0.6 is 11.6 Å². The van der Waals surface area contributed by atoms with Crippen molar-refractivity contribution in [3.63, 3.8) is 0 Å². The van der Waals surface area contributed by atoms with E-state index in [9.17, 15) is 4.79 Å². The van der Waals surface area contributed by atoms with E-state index in [0.717, 1.165) is 5.56 Å². The van der Waals surface area contributed by atoms with E-state index in [1.807, 2.05) is 30.3 Å². The van der Waals surface area contributed by atoms with Crippen molar-refractivity contribution < 1.29 is 9.21 Å². The van der Waals surface area contributed by atoms with E-state index >= 15 is 0 Å². The van der Waals surface area contributed by atoms with Gasteiger partial charge < -0.3 is 9.73 Å². The molecular formula is C19H16ClN5O2. The fourth-order valence-electron chi connectivity index (χ4n) is 2.81. The lowest BCUT2D eigenvalue weighted by atomic mass is 10.2. The van der Waals surface area contributed by atoms with Gasteiger partial charge >= 0.3 is 5.84 Å². The highest BCUT2D eigenvalue weighted by Gasteiger charge is 2.22.